The molecule has 0 heterocycles. The minimum atomic E-state index is 0.0125. The van der Waals surface area contributed by atoms with Gasteiger partial charge in [-0.3, -0.25) is 4.79 Å². The highest BCUT2D eigenvalue weighted by atomic mass is 16.2. The minimum Gasteiger partial charge on any atom is -0.273 e. The van der Waals surface area contributed by atoms with Crippen molar-refractivity contribution in [2.75, 3.05) is 0 Å². The van der Waals surface area contributed by atoms with Gasteiger partial charge in [-0.15, -0.1) is 0 Å². The van der Waals surface area contributed by atoms with Gasteiger partial charge in [0.05, 0.1) is 6.21 Å². The average Bonchev–Trinajstić information content (AvgIpc) is 2.77. The number of rotatable bonds is 19. The van der Waals surface area contributed by atoms with Crippen LogP contribution in [-0.2, 0) is 4.79 Å². The number of hydrazone groups is 1. The van der Waals surface area contributed by atoms with E-state index < -0.39 is 0 Å². The molecule has 0 fully saturated rings. The van der Waals surface area contributed by atoms with E-state index >= 15 is 0 Å². The molecule has 0 spiro atoms. The zero-order chi connectivity index (χ0) is 22.4. The summed E-state index contributed by atoms with van der Waals surface area (Å²) >= 11 is 0. The van der Waals surface area contributed by atoms with E-state index in [4.69, 9.17) is 0 Å². The summed E-state index contributed by atoms with van der Waals surface area (Å²) in [4.78, 5) is 11.9. The van der Waals surface area contributed by atoms with Gasteiger partial charge < -0.3 is 0 Å². The summed E-state index contributed by atoms with van der Waals surface area (Å²) in [5.74, 6) is 0.0125. The Kier molecular flexibility index (Phi) is 17.5. The second-order valence-corrected chi connectivity index (χ2v) is 8.79. The predicted octanol–water partition coefficient (Wildman–Crippen LogP) is 8.45. The molecular weight excluding hydrogens is 380 g/mol. The molecule has 0 aromatic heterocycles. The van der Waals surface area contributed by atoms with Crippen LogP contribution in [0.4, 0.5) is 0 Å². The molecule has 3 heteroatoms. The molecule has 0 radical (unpaired) electrons. The fourth-order valence-electron chi connectivity index (χ4n) is 3.77. The molecular formula is C28H46N2O. The van der Waals surface area contributed by atoms with Crippen LogP contribution in [0.3, 0.4) is 0 Å². The molecule has 174 valence electrons. The number of allylic oxidation sites excluding steroid dienone is 1. The molecule has 31 heavy (non-hydrogen) atoms. The molecule has 0 aliphatic rings. The van der Waals surface area contributed by atoms with Crippen molar-refractivity contribution >= 4 is 18.2 Å². The molecule has 1 rings (SSSR count). The summed E-state index contributed by atoms with van der Waals surface area (Å²) < 4.78 is 0. The first-order chi connectivity index (χ1) is 15.2. The van der Waals surface area contributed by atoms with Crippen molar-refractivity contribution in [3.8, 4) is 0 Å². The quantitative estimate of drug-likeness (QED) is 0.134. The molecule has 1 N–H and O–H groups in total. The number of unbranched alkanes of at least 4 members (excludes halogenated alkanes) is 14. The lowest BCUT2D eigenvalue weighted by molar-refractivity contribution is -0.121. The fraction of sp³-hybridized carbons (Fsp3) is 0.643. The highest BCUT2D eigenvalue weighted by Gasteiger charge is 1.99. The first-order valence-electron chi connectivity index (χ1n) is 12.8. The third-order valence-electron chi connectivity index (χ3n) is 5.66. The normalized spacial score (nSPS) is 11.9. The summed E-state index contributed by atoms with van der Waals surface area (Å²) in [5.41, 5.74) is 4.79. The SMILES string of the molecule is CCCCCCCCCCCCCCCCCC(=O)N/N=C/C(C)=C\c1ccccc1. The third-order valence-corrected chi connectivity index (χ3v) is 5.66. The molecule has 3 nitrogen and oxygen atoms in total. The Labute approximate surface area is 191 Å². The van der Waals surface area contributed by atoms with Crippen LogP contribution in [0, 0.1) is 0 Å². The maximum Gasteiger partial charge on any atom is 0.240 e. The molecule has 0 aliphatic heterocycles. The first kappa shape index (κ1) is 27.1. The Morgan fingerprint density at radius 3 is 1.77 bits per heavy atom. The molecule has 0 bridgehead atoms. The van der Waals surface area contributed by atoms with Crippen LogP contribution >= 0.6 is 0 Å². The van der Waals surface area contributed by atoms with E-state index in [0.717, 1.165) is 24.0 Å². The molecule has 0 saturated heterocycles. The number of benzene rings is 1. The largest absolute Gasteiger partial charge is 0.273 e. The lowest BCUT2D eigenvalue weighted by Gasteiger charge is -2.03. The predicted molar refractivity (Wildman–Crippen MR) is 136 cm³/mol. The number of nitrogens with one attached hydrogen (secondary N) is 1. The number of hydrogen-bond donors (Lipinski definition) is 1. The van der Waals surface area contributed by atoms with Crippen molar-refractivity contribution in [2.24, 2.45) is 5.10 Å². The van der Waals surface area contributed by atoms with Gasteiger partial charge in [-0.1, -0.05) is 133 Å². The second kappa shape index (κ2) is 20.0. The van der Waals surface area contributed by atoms with E-state index in [-0.39, 0.29) is 5.91 Å². The van der Waals surface area contributed by atoms with Crippen LogP contribution in [0.5, 0.6) is 0 Å². The van der Waals surface area contributed by atoms with Crippen molar-refractivity contribution in [1.82, 2.24) is 5.43 Å². The van der Waals surface area contributed by atoms with E-state index in [2.05, 4.69) is 17.5 Å². The van der Waals surface area contributed by atoms with E-state index in [1.807, 2.05) is 43.3 Å². The van der Waals surface area contributed by atoms with Crippen LogP contribution in [0.2, 0.25) is 0 Å². The van der Waals surface area contributed by atoms with Crippen molar-refractivity contribution in [1.29, 1.82) is 0 Å². The molecule has 1 aromatic rings. The van der Waals surface area contributed by atoms with Crippen LogP contribution in [-0.4, -0.2) is 12.1 Å². The zero-order valence-electron chi connectivity index (χ0n) is 20.2. The molecule has 0 saturated carbocycles. The number of carbonyl (C=O) groups excluding carboxylic acids is 1. The van der Waals surface area contributed by atoms with Crippen molar-refractivity contribution < 1.29 is 4.79 Å². The van der Waals surface area contributed by atoms with Crippen LogP contribution < -0.4 is 5.43 Å². The summed E-state index contributed by atoms with van der Waals surface area (Å²) in [6.45, 7) is 4.26. The van der Waals surface area contributed by atoms with Gasteiger partial charge in [0.2, 0.25) is 5.91 Å². The lowest BCUT2D eigenvalue weighted by atomic mass is 10.0. The fourth-order valence-corrected chi connectivity index (χ4v) is 3.77. The standard InChI is InChI=1S/C28H46N2O/c1-3-4-5-6-7-8-9-10-11-12-13-14-15-16-20-23-28(31)30-29-25-26(2)24-27-21-18-17-19-22-27/h17-19,21-22,24-25H,3-16,20,23H2,1-2H3,(H,30,31)/b26-24-,29-25+. The van der Waals surface area contributed by atoms with Crippen LogP contribution in [0.25, 0.3) is 6.08 Å². The maximum absolute atomic E-state index is 11.9. The van der Waals surface area contributed by atoms with Gasteiger partial charge in [-0.2, -0.15) is 5.10 Å². The Bertz CT molecular complexity index is 607. The summed E-state index contributed by atoms with van der Waals surface area (Å²) in [5, 5.41) is 4.06. The summed E-state index contributed by atoms with van der Waals surface area (Å²) in [6.07, 6.45) is 24.4. The van der Waals surface area contributed by atoms with Gasteiger partial charge in [-0.05, 0) is 24.5 Å². The maximum atomic E-state index is 11.9. The zero-order valence-corrected chi connectivity index (χ0v) is 20.2. The molecule has 0 unspecified atom stereocenters. The van der Waals surface area contributed by atoms with Gasteiger partial charge >= 0.3 is 0 Å². The van der Waals surface area contributed by atoms with Gasteiger partial charge in [0, 0.05) is 6.42 Å². The van der Waals surface area contributed by atoms with Crippen molar-refractivity contribution in [3.63, 3.8) is 0 Å². The summed E-state index contributed by atoms with van der Waals surface area (Å²) in [7, 11) is 0. The summed E-state index contributed by atoms with van der Waals surface area (Å²) in [6, 6.07) is 10.1. The van der Waals surface area contributed by atoms with E-state index in [1.54, 1.807) is 6.21 Å². The number of hydrogen-bond acceptors (Lipinski definition) is 2. The lowest BCUT2D eigenvalue weighted by Crippen LogP contribution is -2.16. The first-order valence-corrected chi connectivity index (χ1v) is 12.8. The van der Waals surface area contributed by atoms with Crippen LogP contribution in [0.15, 0.2) is 41.0 Å². The van der Waals surface area contributed by atoms with Gasteiger partial charge in [0.1, 0.15) is 0 Å². The van der Waals surface area contributed by atoms with Gasteiger partial charge in [0.25, 0.3) is 0 Å². The Balaban J connectivity index is 1.89. The van der Waals surface area contributed by atoms with Crippen molar-refractivity contribution in [3.05, 3.63) is 41.5 Å². The van der Waals surface area contributed by atoms with Crippen LogP contribution in [0.1, 0.15) is 122 Å². The van der Waals surface area contributed by atoms with Gasteiger partial charge in [-0.25, -0.2) is 5.43 Å². The third kappa shape index (κ3) is 17.5. The Morgan fingerprint density at radius 1 is 0.774 bits per heavy atom. The topological polar surface area (TPSA) is 41.5 Å². The smallest absolute Gasteiger partial charge is 0.240 e. The number of amides is 1. The Morgan fingerprint density at radius 2 is 1.26 bits per heavy atom. The van der Waals surface area contributed by atoms with E-state index in [9.17, 15) is 4.79 Å². The van der Waals surface area contributed by atoms with E-state index in [0.29, 0.717) is 6.42 Å². The average molecular weight is 427 g/mol. The molecule has 0 aliphatic carbocycles. The van der Waals surface area contributed by atoms with Gasteiger partial charge in [0.15, 0.2) is 0 Å². The number of carbonyl (C=O) groups is 1. The van der Waals surface area contributed by atoms with Crippen molar-refractivity contribution in [2.45, 2.75) is 117 Å². The highest BCUT2D eigenvalue weighted by molar-refractivity contribution is 5.86. The minimum absolute atomic E-state index is 0.0125. The molecule has 1 aromatic carbocycles. The highest BCUT2D eigenvalue weighted by Crippen LogP contribution is 2.13. The second-order valence-electron chi connectivity index (χ2n) is 8.79. The monoisotopic (exact) mass is 426 g/mol. The molecule has 1 amide bonds. The number of nitrogens with zero attached hydrogens (tertiary/aromatic N) is 1. The Hall–Kier alpha value is -1.90. The van der Waals surface area contributed by atoms with E-state index in [1.165, 1.54) is 83.5 Å². The molecule has 0 atom stereocenters.